The second-order valence-corrected chi connectivity index (χ2v) is 16.7. The van der Waals surface area contributed by atoms with Gasteiger partial charge in [0.25, 0.3) is 10.0 Å². The molecular formula is C38H40FN7O7S. The molecule has 4 aromatic heterocycles. The van der Waals surface area contributed by atoms with Crippen molar-refractivity contribution in [2.75, 3.05) is 6.61 Å². The van der Waals surface area contributed by atoms with Gasteiger partial charge in [-0.1, -0.05) is 30.3 Å². The predicted molar refractivity (Wildman–Crippen MR) is 198 cm³/mol. The highest BCUT2D eigenvalue weighted by molar-refractivity contribution is 7.90. The maximum Gasteiger partial charge on any atom is 0.407 e. The zero-order valence-corrected chi connectivity index (χ0v) is 31.4. The van der Waals surface area contributed by atoms with Crippen molar-refractivity contribution in [1.29, 1.82) is 0 Å². The molecule has 14 nitrogen and oxygen atoms in total. The number of benzene rings is 2. The molecule has 4 atom stereocenters. The largest absolute Gasteiger partial charge is 0.491 e. The van der Waals surface area contributed by atoms with Gasteiger partial charge in [0.05, 0.1) is 57.0 Å². The second-order valence-electron chi connectivity index (χ2n) is 14.9. The summed E-state index contributed by atoms with van der Waals surface area (Å²) in [6.07, 6.45) is 1.93. The topological polar surface area (TPSA) is 153 Å². The van der Waals surface area contributed by atoms with Crippen molar-refractivity contribution in [2.45, 2.75) is 75.3 Å². The van der Waals surface area contributed by atoms with E-state index in [2.05, 4.69) is 10.4 Å². The SMILES string of the molecule is CC1COc2ccc(cc2)-c2c(-c3cn(C)nc3F)n(S(=O)(=O)c3ccccc3)c3ncc4c(c23)n(c(=O)n4C)[C@H]2C[C@H](NC(=O)OC(C)(C)C)[C@H](C2)O1. The van der Waals surface area contributed by atoms with Gasteiger partial charge in [0.2, 0.25) is 5.95 Å². The molecule has 1 fully saturated rings. The average molecular weight is 758 g/mol. The van der Waals surface area contributed by atoms with E-state index in [0.717, 1.165) is 3.97 Å². The van der Waals surface area contributed by atoms with Gasteiger partial charge in [-0.05, 0) is 70.4 Å². The quantitative estimate of drug-likeness (QED) is 0.245. The van der Waals surface area contributed by atoms with Gasteiger partial charge in [-0.15, -0.1) is 5.10 Å². The van der Waals surface area contributed by atoms with Crippen LogP contribution in [-0.4, -0.2) is 72.8 Å². The normalized spacial score (nSPS) is 20.3. The molecule has 0 spiro atoms. The Bertz CT molecular complexity index is 2600. The lowest BCUT2D eigenvalue weighted by Crippen LogP contribution is -2.44. The molecule has 0 saturated heterocycles. The third-order valence-corrected chi connectivity index (χ3v) is 11.6. The molecule has 282 valence electrons. The number of imidazole rings is 1. The highest BCUT2D eigenvalue weighted by Crippen LogP contribution is 2.47. The van der Waals surface area contributed by atoms with Crippen LogP contribution < -0.4 is 15.7 Å². The summed E-state index contributed by atoms with van der Waals surface area (Å²) < 4.78 is 69.3. The minimum Gasteiger partial charge on any atom is -0.491 e. The van der Waals surface area contributed by atoms with E-state index in [4.69, 9.17) is 19.2 Å². The number of aryl methyl sites for hydroxylation is 2. The molecule has 6 heterocycles. The van der Waals surface area contributed by atoms with E-state index in [1.165, 1.54) is 33.8 Å². The Kier molecular flexibility index (Phi) is 8.45. The summed E-state index contributed by atoms with van der Waals surface area (Å²) in [5.41, 5.74) is 0.470. The molecule has 0 radical (unpaired) electrons. The molecule has 2 aromatic carbocycles. The van der Waals surface area contributed by atoms with E-state index in [1.807, 2.05) is 6.92 Å². The van der Waals surface area contributed by atoms with Crippen LogP contribution in [0.15, 0.2) is 76.7 Å². The maximum absolute atomic E-state index is 16.0. The molecule has 1 saturated carbocycles. The van der Waals surface area contributed by atoms with Crippen molar-refractivity contribution in [3.8, 4) is 28.1 Å². The minimum atomic E-state index is -4.45. The standard InChI is InChI=1S/C38H40FN7O7S/c1-21-20-51-24-14-12-22(13-15-24)30-31-33-28(44(6)37(48)45(33)23-16-27(29(17-23)52-21)41-36(47)53-38(2,3)4)18-40-35(31)46(32(30)26-19-43(5)42-34(26)39)54(49,50)25-10-8-7-9-11-25/h7-15,18-19,21,23,27,29H,16-17,20H2,1-6H3,(H,41,47)/t21?,23-,27-,29-/m0/s1. The zero-order chi connectivity index (χ0) is 38.3. The highest BCUT2D eigenvalue weighted by Gasteiger charge is 2.42. The van der Waals surface area contributed by atoms with E-state index in [0.29, 0.717) is 39.7 Å². The van der Waals surface area contributed by atoms with Crippen LogP contribution >= 0.6 is 0 Å². The first kappa shape index (κ1) is 35.5. The number of nitrogens with one attached hydrogen (secondary N) is 1. The summed E-state index contributed by atoms with van der Waals surface area (Å²) in [6, 6.07) is 13.8. The number of fused-ring (bicyclic) bond motifs is 5. The second kappa shape index (κ2) is 12.8. The first-order chi connectivity index (χ1) is 25.6. The van der Waals surface area contributed by atoms with Gasteiger partial charge >= 0.3 is 11.8 Å². The fraction of sp³-hybridized carbons (Fsp3) is 0.368. The smallest absolute Gasteiger partial charge is 0.407 e. The van der Waals surface area contributed by atoms with E-state index >= 15 is 4.39 Å². The lowest BCUT2D eigenvalue weighted by molar-refractivity contribution is -0.0344. The molecule has 2 aliphatic heterocycles. The first-order valence-electron chi connectivity index (χ1n) is 17.6. The highest BCUT2D eigenvalue weighted by atomic mass is 32.2. The van der Waals surface area contributed by atoms with Gasteiger partial charge in [-0.3, -0.25) is 13.8 Å². The van der Waals surface area contributed by atoms with Crippen LogP contribution in [0.2, 0.25) is 0 Å². The third-order valence-electron chi connectivity index (χ3n) is 9.89. The van der Waals surface area contributed by atoms with Crippen molar-refractivity contribution in [3.05, 3.63) is 83.4 Å². The lowest BCUT2D eigenvalue weighted by atomic mass is 9.99. The Morgan fingerprint density at radius 3 is 2.44 bits per heavy atom. The molecule has 9 rings (SSSR count). The Hall–Kier alpha value is -5.48. The average Bonchev–Trinajstić information content (AvgIpc) is 3.83. The number of carbonyl (C=O) groups is 1. The summed E-state index contributed by atoms with van der Waals surface area (Å²) in [6.45, 7) is 7.38. The number of nitrogens with zero attached hydrogens (tertiary/aromatic N) is 6. The van der Waals surface area contributed by atoms with Crippen molar-refractivity contribution >= 4 is 38.2 Å². The summed E-state index contributed by atoms with van der Waals surface area (Å²) in [5, 5.41) is 7.24. The van der Waals surface area contributed by atoms with Crippen molar-refractivity contribution < 1.29 is 31.8 Å². The van der Waals surface area contributed by atoms with Gasteiger partial charge in [0, 0.05) is 31.9 Å². The van der Waals surface area contributed by atoms with Crippen LogP contribution in [-0.2, 0) is 33.6 Å². The molecule has 1 amide bonds. The fourth-order valence-electron chi connectivity index (χ4n) is 7.67. The van der Waals surface area contributed by atoms with Gasteiger partial charge in [-0.25, -0.2) is 27.0 Å². The number of halogens is 1. The van der Waals surface area contributed by atoms with E-state index < -0.39 is 52.0 Å². The molecule has 4 bridgehead atoms. The number of pyridine rings is 1. The predicted octanol–water partition coefficient (Wildman–Crippen LogP) is 5.53. The van der Waals surface area contributed by atoms with Crippen LogP contribution in [0.4, 0.5) is 9.18 Å². The first-order valence-corrected chi connectivity index (χ1v) is 19.1. The van der Waals surface area contributed by atoms with Crippen LogP contribution in [0.25, 0.3) is 44.5 Å². The van der Waals surface area contributed by atoms with Crippen LogP contribution in [0.1, 0.15) is 46.6 Å². The Labute approximate surface area is 310 Å². The number of aromatic nitrogens is 6. The number of hydrogen-bond acceptors (Lipinski definition) is 9. The molecule has 54 heavy (non-hydrogen) atoms. The van der Waals surface area contributed by atoms with E-state index in [9.17, 15) is 18.0 Å². The Balaban J connectivity index is 1.48. The van der Waals surface area contributed by atoms with Gasteiger partial charge < -0.3 is 19.5 Å². The van der Waals surface area contributed by atoms with Crippen molar-refractivity contribution in [1.82, 2.24) is 33.2 Å². The summed E-state index contributed by atoms with van der Waals surface area (Å²) >= 11 is 0. The summed E-state index contributed by atoms with van der Waals surface area (Å²) in [5.74, 6) is -0.370. The van der Waals surface area contributed by atoms with Crippen LogP contribution in [0.5, 0.6) is 5.75 Å². The van der Waals surface area contributed by atoms with Gasteiger partial charge in [0.15, 0.2) is 5.65 Å². The van der Waals surface area contributed by atoms with Crippen LogP contribution in [0, 0.1) is 5.95 Å². The Morgan fingerprint density at radius 2 is 1.78 bits per heavy atom. The van der Waals surface area contributed by atoms with E-state index in [1.54, 1.807) is 81.9 Å². The van der Waals surface area contributed by atoms with Crippen molar-refractivity contribution in [2.24, 2.45) is 14.1 Å². The van der Waals surface area contributed by atoms with Gasteiger partial charge in [0.1, 0.15) is 18.0 Å². The van der Waals surface area contributed by atoms with E-state index in [-0.39, 0.29) is 40.5 Å². The maximum atomic E-state index is 16.0. The molecule has 6 aromatic rings. The number of rotatable bonds is 4. The lowest BCUT2D eigenvalue weighted by Gasteiger charge is -2.26. The number of hydrogen-bond donors (Lipinski definition) is 1. The van der Waals surface area contributed by atoms with Crippen LogP contribution in [0.3, 0.4) is 0 Å². The Morgan fingerprint density at radius 1 is 1.06 bits per heavy atom. The number of amides is 1. The zero-order valence-electron chi connectivity index (χ0n) is 30.6. The van der Waals surface area contributed by atoms with Gasteiger partial charge in [-0.2, -0.15) is 4.39 Å². The summed E-state index contributed by atoms with van der Waals surface area (Å²) in [4.78, 5) is 32.2. The molecule has 3 aliphatic rings. The molecule has 1 aliphatic carbocycles. The summed E-state index contributed by atoms with van der Waals surface area (Å²) in [7, 11) is -1.28. The fourth-order valence-corrected chi connectivity index (χ4v) is 9.18. The van der Waals surface area contributed by atoms with Crippen molar-refractivity contribution in [3.63, 3.8) is 0 Å². The third kappa shape index (κ3) is 5.93. The monoisotopic (exact) mass is 757 g/mol. The molecule has 1 N–H and O–H groups in total. The number of alkyl carbamates (subject to hydrolysis) is 1. The minimum absolute atomic E-state index is 0.00792. The number of ether oxygens (including phenoxy) is 3. The molecule has 1 unspecified atom stereocenters. The number of carbonyl (C=O) groups excluding carboxylic acids is 1. The molecular weight excluding hydrogens is 718 g/mol. The molecule has 16 heteroatoms.